The summed E-state index contributed by atoms with van der Waals surface area (Å²) in [6.45, 7) is 7.70. The van der Waals surface area contributed by atoms with E-state index in [9.17, 15) is 0 Å². The summed E-state index contributed by atoms with van der Waals surface area (Å²) in [5.74, 6) is 0. The fourth-order valence-corrected chi connectivity index (χ4v) is 4.25. The minimum absolute atomic E-state index is 0.601. The fraction of sp³-hybridized carbons (Fsp3) is 0.538. The van der Waals surface area contributed by atoms with Crippen LogP contribution in [0.1, 0.15) is 26.3 Å². The Balaban J connectivity index is 2.84. The van der Waals surface area contributed by atoms with Gasteiger partial charge in [0.25, 0.3) is 0 Å². The zero-order valence-corrected chi connectivity index (χ0v) is 13.7. The van der Waals surface area contributed by atoms with E-state index in [4.69, 9.17) is 13.6 Å². The first-order valence-electron chi connectivity index (χ1n) is 6.22. The Bertz CT molecular complexity index is 326. The van der Waals surface area contributed by atoms with Crippen LogP contribution in [-0.4, -0.2) is 19.8 Å². The van der Waals surface area contributed by atoms with E-state index in [1.165, 1.54) is 5.56 Å². The van der Waals surface area contributed by atoms with E-state index in [1.54, 1.807) is 0 Å². The monoisotopic (exact) mass is 335 g/mol. The van der Waals surface area contributed by atoms with Gasteiger partial charge in [-0.05, 0) is 38.5 Å². The molecule has 5 heteroatoms. The summed E-state index contributed by atoms with van der Waals surface area (Å²) in [4.78, 5) is 0. The molecule has 3 nitrogen and oxygen atoms in total. The van der Waals surface area contributed by atoms with Gasteiger partial charge in [0.05, 0.1) is 19.8 Å². The van der Waals surface area contributed by atoms with Gasteiger partial charge in [0.15, 0.2) is 6.16 Å². The molecule has 0 amide bonds. The highest BCUT2D eigenvalue weighted by atomic mass is 79.9. The summed E-state index contributed by atoms with van der Waals surface area (Å²) in [5, 5.41) is 0. The maximum atomic E-state index is 5.80. The average Bonchev–Trinajstić information content (AvgIpc) is 2.33. The highest BCUT2D eigenvalue weighted by Crippen LogP contribution is 2.64. The lowest BCUT2D eigenvalue weighted by atomic mass is 10.2. The molecule has 0 aliphatic heterocycles. The first-order valence-corrected chi connectivity index (χ1v) is 8.74. The molecule has 1 aromatic rings. The van der Waals surface area contributed by atoms with Crippen LogP contribution in [-0.2, 0) is 19.7 Å². The number of benzene rings is 1. The quantitative estimate of drug-likeness (QED) is 0.637. The van der Waals surface area contributed by atoms with Gasteiger partial charge in [-0.3, -0.25) is 0 Å². The first-order chi connectivity index (χ1) is 8.65. The van der Waals surface area contributed by atoms with Crippen molar-refractivity contribution in [2.75, 3.05) is 19.8 Å². The van der Waals surface area contributed by atoms with Crippen molar-refractivity contribution in [1.82, 2.24) is 0 Å². The lowest BCUT2D eigenvalue weighted by Crippen LogP contribution is -2.10. The molecule has 18 heavy (non-hydrogen) atoms. The summed E-state index contributed by atoms with van der Waals surface area (Å²) in [6.07, 6.45) is 0.690. The van der Waals surface area contributed by atoms with Crippen LogP contribution in [0, 0.1) is 0 Å². The Morgan fingerprint density at radius 3 is 1.72 bits per heavy atom. The maximum absolute atomic E-state index is 5.80. The summed E-state index contributed by atoms with van der Waals surface area (Å²) < 4.78 is 18.5. The van der Waals surface area contributed by atoms with E-state index in [-0.39, 0.29) is 0 Å². The van der Waals surface area contributed by atoms with E-state index < -0.39 is 7.94 Å². The van der Waals surface area contributed by atoms with Crippen molar-refractivity contribution in [3.8, 4) is 0 Å². The van der Waals surface area contributed by atoms with E-state index in [0.717, 1.165) is 4.47 Å². The Hall–Kier alpha value is 0.01000. The van der Waals surface area contributed by atoms with Crippen molar-refractivity contribution in [2.24, 2.45) is 0 Å². The smallest absolute Gasteiger partial charge is 0.178 e. The largest absolute Gasteiger partial charge is 0.416 e. The summed E-state index contributed by atoms with van der Waals surface area (Å²) in [7, 11) is -2.25. The third kappa shape index (κ3) is 4.94. The Kier molecular flexibility index (Phi) is 7.35. The molecule has 1 rings (SSSR count). The van der Waals surface area contributed by atoms with Gasteiger partial charge in [-0.2, -0.15) is 13.6 Å². The van der Waals surface area contributed by atoms with E-state index in [1.807, 2.05) is 32.9 Å². The summed E-state index contributed by atoms with van der Waals surface area (Å²) in [5.41, 5.74) is 1.17. The molecule has 0 aromatic heterocycles. The van der Waals surface area contributed by atoms with Crippen molar-refractivity contribution < 1.29 is 13.6 Å². The molecular weight excluding hydrogens is 315 g/mol. The molecule has 0 aliphatic rings. The van der Waals surface area contributed by atoms with E-state index >= 15 is 0 Å². The predicted molar refractivity (Wildman–Crippen MR) is 79.6 cm³/mol. The zero-order chi connectivity index (χ0) is 13.4. The van der Waals surface area contributed by atoms with Crippen LogP contribution in [0.25, 0.3) is 0 Å². The van der Waals surface area contributed by atoms with Gasteiger partial charge in [0, 0.05) is 4.47 Å². The van der Waals surface area contributed by atoms with Gasteiger partial charge in [-0.25, -0.2) is 0 Å². The molecule has 1 aromatic carbocycles. The Morgan fingerprint density at radius 2 is 1.33 bits per heavy atom. The zero-order valence-electron chi connectivity index (χ0n) is 11.2. The normalized spacial score (nSPS) is 11.8. The second kappa shape index (κ2) is 8.23. The summed E-state index contributed by atoms with van der Waals surface area (Å²) in [6, 6.07) is 8.17. The van der Waals surface area contributed by atoms with E-state index in [2.05, 4.69) is 28.1 Å². The van der Waals surface area contributed by atoms with Crippen molar-refractivity contribution in [1.29, 1.82) is 0 Å². The highest BCUT2D eigenvalue weighted by Gasteiger charge is 2.44. The van der Waals surface area contributed by atoms with Gasteiger partial charge in [-0.15, -0.1) is 0 Å². The van der Waals surface area contributed by atoms with Gasteiger partial charge >= 0.3 is 7.94 Å². The molecule has 0 saturated heterocycles. The second-order valence-electron chi connectivity index (χ2n) is 3.65. The van der Waals surface area contributed by atoms with Gasteiger partial charge in [0.1, 0.15) is 0 Å². The topological polar surface area (TPSA) is 27.7 Å². The van der Waals surface area contributed by atoms with Crippen LogP contribution in [0.3, 0.4) is 0 Å². The SMILES string of the molecule is CCO[P+](Cc1ccc(Br)cc1)(OCC)OCC. The van der Waals surface area contributed by atoms with E-state index in [0.29, 0.717) is 26.0 Å². The summed E-state index contributed by atoms with van der Waals surface area (Å²) >= 11 is 3.43. The number of halogens is 1. The number of hydrogen-bond donors (Lipinski definition) is 0. The molecule has 102 valence electrons. The molecule has 0 radical (unpaired) electrons. The standard InChI is InChI=1S/C13H21BrO3P/c1-4-15-18(16-5-2,17-6-3)11-12-7-9-13(14)10-8-12/h7-10H,4-6,11H2,1-3H3/q+1. The minimum Gasteiger partial charge on any atom is -0.178 e. The molecule has 0 aliphatic carbocycles. The fourth-order valence-electron chi connectivity index (χ4n) is 1.65. The lowest BCUT2D eigenvalue weighted by molar-refractivity contribution is 0.149. The number of rotatable bonds is 8. The van der Waals surface area contributed by atoms with Crippen LogP contribution in [0.5, 0.6) is 0 Å². The van der Waals surface area contributed by atoms with Gasteiger partial charge in [0.2, 0.25) is 0 Å². The molecule has 0 N–H and O–H groups in total. The molecule has 0 fully saturated rings. The minimum atomic E-state index is -2.25. The molecule has 0 unspecified atom stereocenters. The Morgan fingerprint density at radius 1 is 0.889 bits per heavy atom. The Labute approximate surface area is 119 Å². The van der Waals surface area contributed by atoms with Gasteiger partial charge in [-0.1, -0.05) is 28.1 Å². The molecule has 0 saturated carbocycles. The lowest BCUT2D eigenvalue weighted by Gasteiger charge is -2.20. The first kappa shape index (κ1) is 16.1. The van der Waals surface area contributed by atoms with Crippen molar-refractivity contribution in [2.45, 2.75) is 26.9 Å². The maximum Gasteiger partial charge on any atom is 0.416 e. The molecule has 0 atom stereocenters. The van der Waals surface area contributed by atoms with Crippen molar-refractivity contribution in [3.05, 3.63) is 34.3 Å². The van der Waals surface area contributed by atoms with Crippen LogP contribution in [0.15, 0.2) is 28.7 Å². The molecule has 0 spiro atoms. The van der Waals surface area contributed by atoms with Crippen molar-refractivity contribution in [3.63, 3.8) is 0 Å². The van der Waals surface area contributed by atoms with Gasteiger partial charge < -0.3 is 0 Å². The highest BCUT2D eigenvalue weighted by molar-refractivity contribution is 9.10. The van der Waals surface area contributed by atoms with Crippen LogP contribution in [0.4, 0.5) is 0 Å². The van der Waals surface area contributed by atoms with Crippen LogP contribution >= 0.6 is 23.9 Å². The molecule has 0 heterocycles. The van der Waals surface area contributed by atoms with Crippen LogP contribution < -0.4 is 0 Å². The molecular formula is C13H21BrO3P+. The molecule has 0 bridgehead atoms. The number of hydrogen-bond acceptors (Lipinski definition) is 3. The predicted octanol–water partition coefficient (Wildman–Crippen LogP) is 4.82. The third-order valence-electron chi connectivity index (χ3n) is 2.27. The van der Waals surface area contributed by atoms with Crippen molar-refractivity contribution >= 4 is 23.9 Å². The average molecular weight is 336 g/mol. The van der Waals surface area contributed by atoms with Crippen LogP contribution in [0.2, 0.25) is 0 Å². The second-order valence-corrected chi connectivity index (χ2v) is 6.88. The third-order valence-corrected chi connectivity index (χ3v) is 5.50.